The lowest BCUT2D eigenvalue weighted by atomic mass is 9.99. The predicted molar refractivity (Wildman–Crippen MR) is 112 cm³/mol. The van der Waals surface area contributed by atoms with E-state index < -0.39 is 30.1 Å². The summed E-state index contributed by atoms with van der Waals surface area (Å²) in [6.07, 6.45) is 0.760. The van der Waals surface area contributed by atoms with Crippen molar-refractivity contribution in [1.82, 2.24) is 20.8 Å². The average Bonchev–Trinajstić information content (AvgIpc) is 3.21. The highest BCUT2D eigenvalue weighted by Crippen LogP contribution is 2.24. The molecule has 0 spiro atoms. The molecule has 0 aliphatic rings. The lowest BCUT2D eigenvalue weighted by Crippen LogP contribution is -2.48. The van der Waals surface area contributed by atoms with E-state index in [2.05, 4.69) is 33.4 Å². The molecule has 4 atom stereocenters. The largest absolute Gasteiger partial charge is 0.508 e. The molecule has 10 nitrogen and oxygen atoms in total. The van der Waals surface area contributed by atoms with Crippen LogP contribution in [0.15, 0.2) is 28.8 Å². The number of aromatic nitrogens is 2. The van der Waals surface area contributed by atoms with Crippen LogP contribution in [0.3, 0.4) is 0 Å². The van der Waals surface area contributed by atoms with E-state index in [-0.39, 0.29) is 29.8 Å². The Bertz CT molecular complexity index is 844. The number of nitrogens with two attached hydrogens (primary N) is 1. The summed E-state index contributed by atoms with van der Waals surface area (Å²) in [6, 6.07) is 3.14. The molecule has 0 fully saturated rings. The molecule has 0 bridgehead atoms. The topological polar surface area (TPSA) is 164 Å². The monoisotopic (exact) mass is 437 g/mol. The maximum atomic E-state index is 12.6. The van der Waals surface area contributed by atoms with Crippen LogP contribution >= 0.6 is 12.6 Å². The molecule has 0 aliphatic carbocycles. The fraction of sp³-hybridized carbons (Fsp3) is 0.474. The van der Waals surface area contributed by atoms with E-state index in [0.717, 1.165) is 0 Å². The minimum atomic E-state index is -1.18. The third-order valence-corrected chi connectivity index (χ3v) is 5.12. The highest BCUT2D eigenvalue weighted by Gasteiger charge is 2.29. The van der Waals surface area contributed by atoms with E-state index in [1.54, 1.807) is 12.1 Å². The molecule has 0 saturated heterocycles. The first kappa shape index (κ1) is 23.5. The lowest BCUT2D eigenvalue weighted by Gasteiger charge is -2.22. The number of rotatable bonds is 10. The molecule has 1 aromatic heterocycles. The van der Waals surface area contributed by atoms with Crippen LogP contribution in [0, 0.1) is 5.92 Å². The highest BCUT2D eigenvalue weighted by molar-refractivity contribution is 7.80. The number of hydrogen-bond donors (Lipinski definition) is 6. The van der Waals surface area contributed by atoms with Crippen molar-refractivity contribution >= 4 is 24.6 Å². The lowest BCUT2D eigenvalue weighted by molar-refractivity contribution is -0.139. The van der Waals surface area contributed by atoms with Crippen molar-refractivity contribution in [3.8, 4) is 5.75 Å². The van der Waals surface area contributed by atoms with Gasteiger partial charge in [0.15, 0.2) is 5.82 Å². The Morgan fingerprint density at radius 2 is 1.93 bits per heavy atom. The Kier molecular flexibility index (Phi) is 8.48. The summed E-state index contributed by atoms with van der Waals surface area (Å²) < 4.78 is 5.28. The first-order valence-electron chi connectivity index (χ1n) is 9.52. The summed E-state index contributed by atoms with van der Waals surface area (Å²) >= 11 is 4.11. The zero-order chi connectivity index (χ0) is 22.3. The van der Waals surface area contributed by atoms with Gasteiger partial charge in [0.05, 0.1) is 6.04 Å². The quantitative estimate of drug-likeness (QED) is 0.306. The Balaban J connectivity index is 2.10. The second-order valence-corrected chi connectivity index (χ2v) is 7.39. The van der Waals surface area contributed by atoms with Crippen LogP contribution in [0.2, 0.25) is 0 Å². The summed E-state index contributed by atoms with van der Waals surface area (Å²) in [4.78, 5) is 28.4. The fourth-order valence-corrected chi connectivity index (χ4v) is 2.86. The minimum Gasteiger partial charge on any atom is -0.508 e. The van der Waals surface area contributed by atoms with E-state index in [1.807, 2.05) is 13.8 Å². The second-order valence-electron chi connectivity index (χ2n) is 7.02. The van der Waals surface area contributed by atoms with Crippen LogP contribution in [0.5, 0.6) is 5.75 Å². The van der Waals surface area contributed by atoms with Crippen molar-refractivity contribution in [2.45, 2.75) is 44.8 Å². The number of nitrogens with zero attached hydrogens (tertiary/aromatic N) is 2. The van der Waals surface area contributed by atoms with Crippen molar-refractivity contribution in [3.05, 3.63) is 41.5 Å². The maximum Gasteiger partial charge on any atom is 0.326 e. The van der Waals surface area contributed by atoms with Gasteiger partial charge in [0.25, 0.3) is 0 Å². The van der Waals surface area contributed by atoms with E-state index in [1.165, 1.54) is 12.1 Å². The van der Waals surface area contributed by atoms with Gasteiger partial charge < -0.3 is 31.1 Å². The molecule has 0 aliphatic heterocycles. The van der Waals surface area contributed by atoms with Gasteiger partial charge in [-0.25, -0.2) is 9.59 Å². The van der Waals surface area contributed by atoms with Crippen LogP contribution in [-0.4, -0.2) is 44.1 Å². The van der Waals surface area contributed by atoms with Gasteiger partial charge in [-0.05, 0) is 23.6 Å². The molecular weight excluding hydrogens is 410 g/mol. The smallest absolute Gasteiger partial charge is 0.326 e. The third-order valence-electron chi connectivity index (χ3n) is 4.73. The summed E-state index contributed by atoms with van der Waals surface area (Å²) in [5.41, 5.74) is 6.51. The summed E-state index contributed by atoms with van der Waals surface area (Å²) in [5, 5.41) is 27.9. The van der Waals surface area contributed by atoms with Gasteiger partial charge in [-0.3, -0.25) is 0 Å². The zero-order valence-electron chi connectivity index (χ0n) is 16.8. The number of carbonyl (C=O) groups is 2. The Morgan fingerprint density at radius 1 is 1.27 bits per heavy atom. The van der Waals surface area contributed by atoms with Gasteiger partial charge in [-0.15, -0.1) is 0 Å². The van der Waals surface area contributed by atoms with E-state index in [4.69, 9.17) is 10.3 Å². The minimum absolute atomic E-state index is 0.0541. The fourth-order valence-electron chi connectivity index (χ4n) is 2.70. The highest BCUT2D eigenvalue weighted by atomic mass is 32.1. The summed E-state index contributed by atoms with van der Waals surface area (Å²) in [5.74, 6) is -0.360. The number of phenols is 1. The standard InChI is InChI=1S/C19H27N5O5S/c1-3-10(2)15(17-23-16(24-29-17)13(20)9-30)22-19(28)21-14(18(26)27)8-11-4-6-12(25)7-5-11/h4-7,10,13-15,25,30H,3,8-9,20H2,1-2H3,(H,26,27)(H2,21,22,28)/t10?,13-,14-,15-/m0/s1. The molecule has 2 rings (SSSR count). The van der Waals surface area contributed by atoms with Crippen molar-refractivity contribution in [3.63, 3.8) is 0 Å². The number of phenolic OH excluding ortho intramolecular Hbond substituents is 1. The van der Waals surface area contributed by atoms with Gasteiger partial charge in [0.1, 0.15) is 17.8 Å². The van der Waals surface area contributed by atoms with Gasteiger partial charge in [-0.1, -0.05) is 37.6 Å². The third kappa shape index (κ3) is 6.36. The zero-order valence-corrected chi connectivity index (χ0v) is 17.7. The van der Waals surface area contributed by atoms with E-state index in [0.29, 0.717) is 17.7 Å². The Morgan fingerprint density at radius 3 is 2.50 bits per heavy atom. The number of thiol groups is 1. The normalized spacial score (nSPS) is 15.1. The van der Waals surface area contributed by atoms with Gasteiger partial charge in [0, 0.05) is 12.2 Å². The number of hydrogen-bond acceptors (Lipinski definition) is 8. The summed E-state index contributed by atoms with van der Waals surface area (Å²) in [7, 11) is 0. The molecule has 30 heavy (non-hydrogen) atoms. The number of carboxylic acids is 1. The molecule has 164 valence electrons. The number of urea groups is 1. The predicted octanol–water partition coefficient (Wildman–Crippen LogP) is 1.79. The molecule has 1 unspecified atom stereocenters. The molecular formula is C19H27N5O5S. The first-order chi connectivity index (χ1) is 14.2. The number of nitrogens with one attached hydrogen (secondary N) is 2. The van der Waals surface area contributed by atoms with Crippen molar-refractivity contribution < 1.29 is 24.3 Å². The van der Waals surface area contributed by atoms with Crippen molar-refractivity contribution in [2.24, 2.45) is 11.7 Å². The maximum absolute atomic E-state index is 12.6. The number of carboxylic acid groups (broad SMARTS) is 1. The Labute approximate surface area is 179 Å². The first-order valence-corrected chi connectivity index (χ1v) is 10.2. The molecule has 11 heteroatoms. The van der Waals surface area contributed by atoms with E-state index >= 15 is 0 Å². The number of benzene rings is 1. The van der Waals surface area contributed by atoms with Gasteiger partial charge >= 0.3 is 12.0 Å². The molecule has 0 radical (unpaired) electrons. The van der Waals surface area contributed by atoms with Crippen LogP contribution in [-0.2, 0) is 11.2 Å². The van der Waals surface area contributed by atoms with Gasteiger partial charge in [-0.2, -0.15) is 17.6 Å². The molecule has 1 aromatic carbocycles. The number of aliphatic carboxylic acids is 1. The SMILES string of the molecule is CCC(C)[C@H](NC(=O)N[C@@H](Cc1ccc(O)cc1)C(=O)O)c1nc([C@@H](N)CS)no1. The molecule has 2 amide bonds. The van der Waals surface area contributed by atoms with Gasteiger partial charge in [0.2, 0.25) is 5.89 Å². The van der Waals surface area contributed by atoms with Crippen LogP contribution < -0.4 is 16.4 Å². The summed E-state index contributed by atoms with van der Waals surface area (Å²) in [6.45, 7) is 3.84. The van der Waals surface area contributed by atoms with E-state index in [9.17, 15) is 19.8 Å². The number of aromatic hydroxyl groups is 1. The molecule has 2 aromatic rings. The second kappa shape index (κ2) is 10.8. The number of amides is 2. The molecule has 6 N–H and O–H groups in total. The van der Waals surface area contributed by atoms with Crippen LogP contribution in [0.1, 0.15) is 49.6 Å². The molecule has 0 saturated carbocycles. The Hall–Kier alpha value is -2.79. The average molecular weight is 438 g/mol. The van der Waals surface area contributed by atoms with Crippen LogP contribution in [0.4, 0.5) is 4.79 Å². The van der Waals surface area contributed by atoms with Crippen LogP contribution in [0.25, 0.3) is 0 Å². The molecule has 1 heterocycles. The van der Waals surface area contributed by atoms with Crippen molar-refractivity contribution in [2.75, 3.05) is 5.75 Å². The number of carbonyl (C=O) groups excluding carboxylic acids is 1. The van der Waals surface area contributed by atoms with Crippen molar-refractivity contribution in [1.29, 1.82) is 0 Å².